The number of hydrogen-bond donors (Lipinski definition) is 2. The maximum atomic E-state index is 11.9. The van der Waals surface area contributed by atoms with E-state index in [1.807, 2.05) is 24.3 Å². The smallest absolute Gasteiger partial charge is 0.317 e. The fraction of sp³-hybridized carbons (Fsp3) is 0.529. The van der Waals surface area contributed by atoms with E-state index in [0.29, 0.717) is 19.6 Å². The van der Waals surface area contributed by atoms with Gasteiger partial charge in [0.05, 0.1) is 12.5 Å². The molecule has 0 fully saturated rings. The highest BCUT2D eigenvalue weighted by atomic mass is 16.5. The second-order valence-corrected chi connectivity index (χ2v) is 5.60. The summed E-state index contributed by atoms with van der Waals surface area (Å²) < 4.78 is 5.58. The van der Waals surface area contributed by atoms with Crippen LogP contribution in [0.5, 0.6) is 5.75 Å². The summed E-state index contributed by atoms with van der Waals surface area (Å²) in [5.41, 5.74) is 1.08. The van der Waals surface area contributed by atoms with Gasteiger partial charge in [0.2, 0.25) is 0 Å². The van der Waals surface area contributed by atoms with Crippen LogP contribution in [0.3, 0.4) is 0 Å². The van der Waals surface area contributed by atoms with Crippen molar-refractivity contribution in [1.82, 2.24) is 10.2 Å². The monoisotopic (exact) mass is 322 g/mol. The first kappa shape index (κ1) is 18.8. The first-order chi connectivity index (χ1) is 10.9. The number of urea groups is 1. The van der Waals surface area contributed by atoms with Crippen molar-refractivity contribution >= 4 is 12.0 Å². The zero-order valence-electron chi connectivity index (χ0n) is 14.0. The van der Waals surface area contributed by atoms with Gasteiger partial charge in [0.25, 0.3) is 0 Å². The van der Waals surface area contributed by atoms with Crippen molar-refractivity contribution < 1.29 is 19.4 Å². The lowest BCUT2D eigenvalue weighted by Gasteiger charge is -2.20. The number of amides is 2. The number of ether oxygens (including phenoxy) is 1. The van der Waals surface area contributed by atoms with Crippen LogP contribution < -0.4 is 10.1 Å². The van der Waals surface area contributed by atoms with E-state index in [-0.39, 0.29) is 12.6 Å². The Morgan fingerprint density at radius 2 is 2.13 bits per heavy atom. The fourth-order valence-electron chi connectivity index (χ4n) is 2.03. The Kier molecular flexibility index (Phi) is 7.94. The predicted molar refractivity (Wildman–Crippen MR) is 88.8 cm³/mol. The van der Waals surface area contributed by atoms with Crippen LogP contribution in [-0.4, -0.2) is 48.8 Å². The van der Waals surface area contributed by atoms with E-state index in [4.69, 9.17) is 9.84 Å². The van der Waals surface area contributed by atoms with Gasteiger partial charge in [0, 0.05) is 20.1 Å². The third kappa shape index (κ3) is 7.04. The van der Waals surface area contributed by atoms with Gasteiger partial charge in [-0.05, 0) is 30.5 Å². The molecule has 1 rings (SSSR count). The molecule has 6 heteroatoms. The maximum Gasteiger partial charge on any atom is 0.317 e. The third-order valence-electron chi connectivity index (χ3n) is 3.38. The van der Waals surface area contributed by atoms with E-state index in [1.54, 1.807) is 14.0 Å². The van der Waals surface area contributed by atoms with Gasteiger partial charge in [-0.15, -0.1) is 0 Å². The maximum absolute atomic E-state index is 11.9. The first-order valence-electron chi connectivity index (χ1n) is 7.87. The highest BCUT2D eigenvalue weighted by molar-refractivity contribution is 5.75. The summed E-state index contributed by atoms with van der Waals surface area (Å²) in [7, 11) is 1.59. The molecule has 0 spiro atoms. The zero-order valence-corrected chi connectivity index (χ0v) is 14.0. The van der Waals surface area contributed by atoms with E-state index in [1.165, 1.54) is 4.90 Å². The highest BCUT2D eigenvalue weighted by Crippen LogP contribution is 2.13. The Bertz CT molecular complexity index is 519. The minimum absolute atomic E-state index is 0.182. The summed E-state index contributed by atoms with van der Waals surface area (Å²) in [4.78, 5) is 24.1. The molecule has 0 aliphatic heterocycles. The number of carboxylic acid groups (broad SMARTS) is 1. The van der Waals surface area contributed by atoms with Gasteiger partial charge in [-0.25, -0.2) is 4.79 Å². The van der Waals surface area contributed by atoms with E-state index in [2.05, 4.69) is 12.2 Å². The third-order valence-corrected chi connectivity index (χ3v) is 3.38. The summed E-state index contributed by atoms with van der Waals surface area (Å²) in [5.74, 6) is -0.658. The molecule has 23 heavy (non-hydrogen) atoms. The van der Waals surface area contributed by atoms with Crippen molar-refractivity contribution in [1.29, 1.82) is 0 Å². The molecule has 2 N–H and O–H groups in total. The quantitative estimate of drug-likeness (QED) is 0.731. The molecule has 0 aromatic heterocycles. The van der Waals surface area contributed by atoms with E-state index in [9.17, 15) is 9.59 Å². The van der Waals surface area contributed by atoms with Gasteiger partial charge < -0.3 is 20.1 Å². The Hall–Kier alpha value is -2.24. The average Bonchev–Trinajstić information content (AvgIpc) is 2.53. The molecular weight excluding hydrogens is 296 g/mol. The lowest BCUT2D eigenvalue weighted by atomic mass is 10.1. The number of carbonyl (C=O) groups is 2. The lowest BCUT2D eigenvalue weighted by molar-refractivity contribution is -0.141. The number of hydrogen-bond acceptors (Lipinski definition) is 3. The topological polar surface area (TPSA) is 78.9 Å². The largest absolute Gasteiger partial charge is 0.494 e. The molecule has 0 aliphatic carbocycles. The molecule has 1 atom stereocenters. The number of carbonyl (C=O) groups excluding carboxylic acids is 1. The molecular formula is C17H26N2O4. The van der Waals surface area contributed by atoms with Crippen molar-refractivity contribution in [3.8, 4) is 5.75 Å². The number of aliphatic carboxylic acids is 1. The molecule has 0 aliphatic rings. The van der Waals surface area contributed by atoms with E-state index >= 15 is 0 Å². The molecule has 128 valence electrons. The van der Waals surface area contributed by atoms with Crippen molar-refractivity contribution in [2.24, 2.45) is 5.92 Å². The second-order valence-electron chi connectivity index (χ2n) is 5.60. The van der Waals surface area contributed by atoms with Gasteiger partial charge in [0.1, 0.15) is 5.75 Å². The summed E-state index contributed by atoms with van der Waals surface area (Å²) in [6.45, 7) is 4.99. The van der Waals surface area contributed by atoms with Crippen LogP contribution in [0.25, 0.3) is 0 Å². The van der Waals surface area contributed by atoms with Gasteiger partial charge in [-0.2, -0.15) is 0 Å². The Morgan fingerprint density at radius 1 is 1.39 bits per heavy atom. The number of nitrogens with one attached hydrogen (secondary N) is 1. The minimum Gasteiger partial charge on any atom is -0.494 e. The summed E-state index contributed by atoms with van der Waals surface area (Å²) in [6, 6.07) is 7.54. The molecule has 1 aromatic rings. The van der Waals surface area contributed by atoms with Gasteiger partial charge in [-0.3, -0.25) is 4.79 Å². The number of carboxylic acids is 1. The Balaban J connectivity index is 2.38. The molecule has 1 unspecified atom stereocenters. The van der Waals surface area contributed by atoms with E-state index in [0.717, 1.165) is 17.7 Å². The SMILES string of the molecule is CCCOc1cccc(CCNC(=O)N(C)CC(C)C(=O)O)c1. The van der Waals surface area contributed by atoms with Gasteiger partial charge >= 0.3 is 12.0 Å². The number of rotatable bonds is 9. The molecule has 0 saturated carbocycles. The number of nitrogens with zero attached hydrogens (tertiary/aromatic N) is 1. The average molecular weight is 322 g/mol. The fourth-order valence-corrected chi connectivity index (χ4v) is 2.03. The highest BCUT2D eigenvalue weighted by Gasteiger charge is 2.16. The summed E-state index contributed by atoms with van der Waals surface area (Å²) >= 11 is 0. The Morgan fingerprint density at radius 3 is 2.78 bits per heavy atom. The molecule has 0 saturated heterocycles. The zero-order chi connectivity index (χ0) is 17.2. The Labute approximate surface area is 137 Å². The number of benzene rings is 1. The standard InChI is InChI=1S/C17H26N2O4/c1-4-10-23-15-7-5-6-14(11-15)8-9-18-17(22)19(3)12-13(2)16(20)21/h5-7,11,13H,4,8-10,12H2,1-3H3,(H,18,22)(H,20,21). The summed E-state index contributed by atoms with van der Waals surface area (Å²) in [5, 5.41) is 11.6. The van der Waals surface area contributed by atoms with Crippen LogP contribution >= 0.6 is 0 Å². The first-order valence-corrected chi connectivity index (χ1v) is 7.87. The molecule has 0 bridgehead atoms. The predicted octanol–water partition coefficient (Wildman–Crippen LogP) is 2.38. The molecule has 0 heterocycles. The van der Waals surface area contributed by atoms with Crippen molar-refractivity contribution in [3.05, 3.63) is 29.8 Å². The normalized spacial score (nSPS) is 11.6. The van der Waals surface area contributed by atoms with Crippen LogP contribution in [0.15, 0.2) is 24.3 Å². The molecule has 2 amide bonds. The van der Waals surface area contributed by atoms with Crippen LogP contribution in [0.1, 0.15) is 25.8 Å². The van der Waals surface area contributed by atoms with Crippen LogP contribution in [0.2, 0.25) is 0 Å². The molecule has 1 aromatic carbocycles. The molecule has 0 radical (unpaired) electrons. The van der Waals surface area contributed by atoms with Gasteiger partial charge in [0.15, 0.2) is 0 Å². The van der Waals surface area contributed by atoms with E-state index < -0.39 is 11.9 Å². The van der Waals surface area contributed by atoms with Crippen LogP contribution in [0.4, 0.5) is 4.79 Å². The minimum atomic E-state index is -0.909. The van der Waals surface area contributed by atoms with Crippen molar-refractivity contribution in [3.63, 3.8) is 0 Å². The van der Waals surface area contributed by atoms with Crippen molar-refractivity contribution in [2.45, 2.75) is 26.7 Å². The molecule has 6 nitrogen and oxygen atoms in total. The van der Waals surface area contributed by atoms with Crippen LogP contribution in [0, 0.1) is 5.92 Å². The van der Waals surface area contributed by atoms with Crippen molar-refractivity contribution in [2.75, 3.05) is 26.7 Å². The van der Waals surface area contributed by atoms with Crippen LogP contribution in [-0.2, 0) is 11.2 Å². The summed E-state index contributed by atoms with van der Waals surface area (Å²) in [6.07, 6.45) is 1.65. The van der Waals surface area contributed by atoms with Gasteiger partial charge in [-0.1, -0.05) is 26.0 Å². The lowest BCUT2D eigenvalue weighted by Crippen LogP contribution is -2.41. The second kappa shape index (κ2) is 9.71.